The zero-order valence-electron chi connectivity index (χ0n) is 22.8. The summed E-state index contributed by atoms with van der Waals surface area (Å²) in [4.78, 5) is 38.3. The van der Waals surface area contributed by atoms with Crippen LogP contribution in [0.3, 0.4) is 0 Å². The normalized spacial score (nSPS) is 17.5. The molecule has 2 aromatic carbocycles. The zero-order valence-corrected chi connectivity index (χ0v) is 23.6. The number of esters is 1. The lowest BCUT2D eigenvalue weighted by Gasteiger charge is -2.30. The van der Waals surface area contributed by atoms with E-state index in [1.54, 1.807) is 38.1 Å². The Morgan fingerprint density at radius 2 is 1.75 bits per heavy atom. The van der Waals surface area contributed by atoms with E-state index < -0.39 is 11.9 Å². The third-order valence-corrected chi connectivity index (χ3v) is 8.01. The Balaban J connectivity index is 1.55. The first-order valence-corrected chi connectivity index (χ1v) is 14.6. The quantitative estimate of drug-likeness (QED) is 0.354. The van der Waals surface area contributed by atoms with Gasteiger partial charge in [0.25, 0.3) is 5.91 Å². The number of benzene rings is 2. The largest absolute Gasteiger partial charge is 0.462 e. The summed E-state index contributed by atoms with van der Waals surface area (Å²) < 4.78 is 5.02. The minimum atomic E-state index is -0.616. The van der Waals surface area contributed by atoms with E-state index in [2.05, 4.69) is 22.0 Å². The molecular weight excluding hydrogens is 524 g/mol. The van der Waals surface area contributed by atoms with Crippen LogP contribution in [-0.2, 0) is 14.3 Å². The molecule has 1 heterocycles. The van der Waals surface area contributed by atoms with E-state index in [4.69, 9.17) is 4.74 Å². The molecule has 0 radical (unpaired) electrons. The molecule has 3 N–H and O–H groups in total. The van der Waals surface area contributed by atoms with Gasteiger partial charge in [0.15, 0.2) is 0 Å². The van der Waals surface area contributed by atoms with Crippen LogP contribution < -0.4 is 16.0 Å². The maximum atomic E-state index is 13.6. The van der Waals surface area contributed by atoms with Gasteiger partial charge in [0.05, 0.1) is 40.5 Å². The minimum absolute atomic E-state index is 0.0591. The van der Waals surface area contributed by atoms with Crippen molar-refractivity contribution in [2.24, 2.45) is 0 Å². The second-order valence-corrected chi connectivity index (χ2v) is 10.8. The van der Waals surface area contributed by atoms with Crippen molar-refractivity contribution in [1.82, 2.24) is 10.6 Å². The van der Waals surface area contributed by atoms with Crippen LogP contribution in [0.4, 0.5) is 5.69 Å². The van der Waals surface area contributed by atoms with Crippen molar-refractivity contribution < 1.29 is 19.1 Å². The van der Waals surface area contributed by atoms with Crippen molar-refractivity contribution in [3.05, 3.63) is 87.6 Å². The Labute approximate surface area is 239 Å². The second-order valence-electron chi connectivity index (χ2n) is 9.81. The van der Waals surface area contributed by atoms with Gasteiger partial charge in [-0.15, -0.1) is 0 Å². The van der Waals surface area contributed by atoms with Crippen molar-refractivity contribution in [3.8, 4) is 6.07 Å². The first-order valence-electron chi connectivity index (χ1n) is 13.6. The summed E-state index contributed by atoms with van der Waals surface area (Å²) in [6.45, 7) is 3.81. The number of dihydropyridines is 1. The highest BCUT2D eigenvalue weighted by Gasteiger charge is 2.35. The Kier molecular flexibility index (Phi) is 10.0. The lowest BCUT2D eigenvalue weighted by molar-refractivity contribution is -0.119. The number of hydrogen-bond acceptors (Lipinski definition) is 7. The number of hydrogen-bond donors (Lipinski definition) is 3. The topological polar surface area (TPSA) is 120 Å². The van der Waals surface area contributed by atoms with Gasteiger partial charge in [-0.1, -0.05) is 61.4 Å². The summed E-state index contributed by atoms with van der Waals surface area (Å²) in [5.74, 6) is -1.30. The standard InChI is InChI=1S/C31H34N4O4S/c1-3-39-31(38)22-14-16-24(17-15-22)35-29(37)27-20(2)33-30(25(18-32)28(27)21-10-6-4-7-11-21)40-19-26(36)34-23-12-8-5-9-13-23/h4,6-7,10-11,14-17,23,28,33H,3,5,8-9,12-13,19H2,1-2H3,(H,34,36)(H,35,37)/t28-/m1/s1. The molecule has 2 aromatic rings. The minimum Gasteiger partial charge on any atom is -0.462 e. The number of carbonyl (C=O) groups is 3. The summed E-state index contributed by atoms with van der Waals surface area (Å²) in [7, 11) is 0. The molecule has 8 nitrogen and oxygen atoms in total. The molecule has 40 heavy (non-hydrogen) atoms. The van der Waals surface area contributed by atoms with Crippen LogP contribution in [0, 0.1) is 11.3 Å². The molecule has 208 valence electrons. The number of nitriles is 1. The molecule has 0 spiro atoms. The second kappa shape index (κ2) is 13.9. The molecule has 1 aliphatic carbocycles. The van der Waals surface area contributed by atoms with Gasteiger partial charge in [-0.3, -0.25) is 9.59 Å². The monoisotopic (exact) mass is 558 g/mol. The molecule has 0 saturated heterocycles. The fourth-order valence-corrected chi connectivity index (χ4v) is 5.97. The molecular formula is C31H34N4O4S. The van der Waals surface area contributed by atoms with Crippen molar-refractivity contribution >= 4 is 35.2 Å². The van der Waals surface area contributed by atoms with Gasteiger partial charge < -0.3 is 20.7 Å². The number of carbonyl (C=O) groups excluding carboxylic acids is 3. The van der Waals surface area contributed by atoms with E-state index in [0.29, 0.717) is 33.1 Å². The van der Waals surface area contributed by atoms with E-state index in [0.717, 1.165) is 31.2 Å². The van der Waals surface area contributed by atoms with Crippen LogP contribution in [0.15, 0.2) is 76.5 Å². The summed E-state index contributed by atoms with van der Waals surface area (Å²) in [6, 6.07) is 18.4. The Hall–Kier alpha value is -4.03. The summed E-state index contributed by atoms with van der Waals surface area (Å²) in [6.07, 6.45) is 5.48. The van der Waals surface area contributed by atoms with Crippen LogP contribution in [0.5, 0.6) is 0 Å². The van der Waals surface area contributed by atoms with Crippen molar-refractivity contribution in [3.63, 3.8) is 0 Å². The maximum absolute atomic E-state index is 13.6. The molecule has 1 saturated carbocycles. The smallest absolute Gasteiger partial charge is 0.338 e. The van der Waals surface area contributed by atoms with Gasteiger partial charge in [0.1, 0.15) is 0 Å². The van der Waals surface area contributed by atoms with E-state index in [1.165, 1.54) is 18.2 Å². The van der Waals surface area contributed by atoms with Crippen LogP contribution in [-0.4, -0.2) is 36.2 Å². The van der Waals surface area contributed by atoms with E-state index >= 15 is 0 Å². The number of anilines is 1. The fourth-order valence-electron chi connectivity index (χ4n) is 5.06. The molecule has 0 aromatic heterocycles. The first-order chi connectivity index (χ1) is 19.4. The third-order valence-electron chi connectivity index (χ3n) is 7.00. The molecule has 0 unspecified atom stereocenters. The molecule has 2 amide bonds. The van der Waals surface area contributed by atoms with Crippen molar-refractivity contribution in [2.45, 2.75) is 57.9 Å². The van der Waals surface area contributed by atoms with Crippen LogP contribution >= 0.6 is 11.8 Å². The maximum Gasteiger partial charge on any atom is 0.338 e. The number of amides is 2. The highest BCUT2D eigenvalue weighted by atomic mass is 32.2. The predicted molar refractivity (Wildman–Crippen MR) is 156 cm³/mol. The van der Waals surface area contributed by atoms with Crippen molar-refractivity contribution in [1.29, 1.82) is 5.26 Å². The molecule has 4 rings (SSSR count). The van der Waals surface area contributed by atoms with Crippen LogP contribution in [0.1, 0.15) is 67.8 Å². The number of nitrogens with one attached hydrogen (secondary N) is 3. The molecule has 9 heteroatoms. The van der Waals surface area contributed by atoms with Gasteiger partial charge in [-0.05, 0) is 56.5 Å². The van der Waals surface area contributed by atoms with E-state index in [9.17, 15) is 19.6 Å². The van der Waals surface area contributed by atoms with Crippen molar-refractivity contribution in [2.75, 3.05) is 17.7 Å². The van der Waals surface area contributed by atoms with E-state index in [-0.39, 0.29) is 30.2 Å². The fraction of sp³-hybridized carbons (Fsp3) is 0.355. The highest BCUT2D eigenvalue weighted by Crippen LogP contribution is 2.41. The summed E-state index contributed by atoms with van der Waals surface area (Å²) in [5.41, 5.74) is 3.09. The van der Waals surface area contributed by atoms with Crippen LogP contribution in [0.25, 0.3) is 0 Å². The van der Waals surface area contributed by atoms with Gasteiger partial charge in [-0.25, -0.2) is 4.79 Å². The average Bonchev–Trinajstić information content (AvgIpc) is 2.97. The van der Waals surface area contributed by atoms with Gasteiger partial charge in [0.2, 0.25) is 5.91 Å². The average molecular weight is 559 g/mol. The zero-order chi connectivity index (χ0) is 28.5. The number of ether oxygens (including phenoxy) is 1. The molecule has 1 aliphatic heterocycles. The molecule has 1 fully saturated rings. The first kappa shape index (κ1) is 29.0. The Morgan fingerprint density at radius 3 is 2.40 bits per heavy atom. The number of thioether (sulfide) groups is 1. The number of rotatable bonds is 9. The Morgan fingerprint density at radius 1 is 1.05 bits per heavy atom. The van der Waals surface area contributed by atoms with Gasteiger partial charge >= 0.3 is 5.97 Å². The van der Waals surface area contributed by atoms with E-state index in [1.807, 2.05) is 30.3 Å². The lowest BCUT2D eigenvalue weighted by Crippen LogP contribution is -2.37. The summed E-state index contributed by atoms with van der Waals surface area (Å²) >= 11 is 1.28. The predicted octanol–water partition coefficient (Wildman–Crippen LogP) is 5.38. The number of allylic oxidation sites excluding steroid dienone is 2. The molecule has 1 atom stereocenters. The Bertz CT molecular complexity index is 1340. The lowest BCUT2D eigenvalue weighted by atomic mass is 9.82. The van der Waals surface area contributed by atoms with Gasteiger partial charge in [-0.2, -0.15) is 5.26 Å². The van der Waals surface area contributed by atoms with Gasteiger partial charge in [0, 0.05) is 23.0 Å². The summed E-state index contributed by atoms with van der Waals surface area (Å²) in [5, 5.41) is 20.1. The number of nitrogens with zero attached hydrogens (tertiary/aromatic N) is 1. The highest BCUT2D eigenvalue weighted by molar-refractivity contribution is 8.03. The third kappa shape index (κ3) is 7.13. The molecule has 0 bridgehead atoms. The molecule has 2 aliphatic rings. The SMILES string of the molecule is CCOC(=O)c1ccc(NC(=O)C2=C(C)NC(SCC(=O)NC3CCCCC3)=C(C#N)[C@H]2c2ccccc2)cc1. The van der Waals surface area contributed by atoms with Crippen LogP contribution in [0.2, 0.25) is 0 Å².